The Labute approximate surface area is 182 Å². The van der Waals surface area contributed by atoms with Crippen LogP contribution in [-0.4, -0.2) is 55.1 Å². The summed E-state index contributed by atoms with van der Waals surface area (Å²) >= 11 is 0. The fourth-order valence-electron chi connectivity index (χ4n) is 3.15. The molecule has 3 rings (SSSR count). The van der Waals surface area contributed by atoms with E-state index in [0.29, 0.717) is 5.69 Å². The second-order valence-corrected chi connectivity index (χ2v) is 6.28. The quantitative estimate of drug-likeness (QED) is 0.308. The zero-order valence-electron chi connectivity index (χ0n) is 17.6. The Morgan fingerprint density at radius 1 is 0.938 bits per heavy atom. The fourth-order valence-corrected chi connectivity index (χ4v) is 3.15. The summed E-state index contributed by atoms with van der Waals surface area (Å²) in [6.45, 7) is 0. The highest BCUT2D eigenvalue weighted by Crippen LogP contribution is 2.41. The van der Waals surface area contributed by atoms with Crippen LogP contribution in [0.1, 0.15) is 20.8 Å². The lowest BCUT2D eigenvalue weighted by atomic mass is 10.0. The van der Waals surface area contributed by atoms with Gasteiger partial charge >= 0.3 is 11.9 Å². The second kappa shape index (κ2) is 9.16. The van der Waals surface area contributed by atoms with E-state index in [-0.39, 0.29) is 34.0 Å². The van der Waals surface area contributed by atoms with Crippen molar-refractivity contribution in [3.05, 3.63) is 63.8 Å². The average molecular weight is 441 g/mol. The number of benzene rings is 2. The molecule has 11 nitrogen and oxygen atoms in total. The molecular weight excluding hydrogens is 422 g/mol. The van der Waals surface area contributed by atoms with E-state index < -0.39 is 22.5 Å². The molecule has 0 unspecified atom stereocenters. The van der Waals surface area contributed by atoms with E-state index in [9.17, 15) is 19.7 Å². The summed E-state index contributed by atoms with van der Waals surface area (Å²) in [7, 11) is 4.96. The maximum absolute atomic E-state index is 12.7. The largest absolute Gasteiger partial charge is 0.493 e. The molecular formula is C21H19N3O8. The molecule has 0 saturated heterocycles. The number of nitrogens with zero attached hydrogens (tertiary/aromatic N) is 3. The number of aromatic nitrogens is 2. The minimum Gasteiger partial charge on any atom is -0.493 e. The Morgan fingerprint density at radius 3 is 2.06 bits per heavy atom. The van der Waals surface area contributed by atoms with Crippen LogP contribution in [0.5, 0.6) is 11.5 Å². The molecule has 2 aromatic carbocycles. The van der Waals surface area contributed by atoms with E-state index >= 15 is 0 Å². The Kier molecular flexibility index (Phi) is 6.38. The number of ether oxygens (including phenoxy) is 4. The van der Waals surface area contributed by atoms with E-state index in [1.807, 2.05) is 0 Å². The third-order valence-corrected chi connectivity index (χ3v) is 4.61. The smallest absolute Gasteiger partial charge is 0.357 e. The van der Waals surface area contributed by atoms with Crippen molar-refractivity contribution >= 4 is 17.6 Å². The van der Waals surface area contributed by atoms with Gasteiger partial charge in [0.2, 0.25) is 0 Å². The second-order valence-electron chi connectivity index (χ2n) is 6.28. The number of carbonyl (C=O) groups excluding carboxylic acids is 2. The van der Waals surface area contributed by atoms with Gasteiger partial charge in [-0.2, -0.15) is 5.10 Å². The number of methoxy groups -OCH3 is 4. The molecule has 11 heteroatoms. The van der Waals surface area contributed by atoms with Gasteiger partial charge in [-0.3, -0.25) is 10.1 Å². The molecule has 0 fully saturated rings. The van der Waals surface area contributed by atoms with Crippen molar-refractivity contribution < 1.29 is 33.5 Å². The summed E-state index contributed by atoms with van der Waals surface area (Å²) in [6, 6.07) is 10.9. The molecule has 0 spiro atoms. The highest BCUT2D eigenvalue weighted by Gasteiger charge is 2.34. The number of hydrogen-bond donors (Lipinski definition) is 0. The van der Waals surface area contributed by atoms with Gasteiger partial charge in [0.1, 0.15) is 11.3 Å². The Morgan fingerprint density at radius 2 is 1.53 bits per heavy atom. The number of carbonyl (C=O) groups is 2. The number of rotatable bonds is 7. The minimum absolute atomic E-state index is 0.0760. The van der Waals surface area contributed by atoms with E-state index in [4.69, 9.17) is 18.9 Å². The minimum atomic E-state index is -0.924. The number of para-hydroxylation sites is 1. The first kappa shape index (κ1) is 22.3. The Bertz CT molecular complexity index is 1190. The first-order valence-corrected chi connectivity index (χ1v) is 9.13. The van der Waals surface area contributed by atoms with E-state index in [0.717, 1.165) is 20.3 Å². The molecule has 32 heavy (non-hydrogen) atoms. The summed E-state index contributed by atoms with van der Waals surface area (Å²) in [4.78, 5) is 36.6. The highest BCUT2D eigenvalue weighted by molar-refractivity contribution is 6.07. The summed E-state index contributed by atoms with van der Waals surface area (Å²) in [6.07, 6.45) is 0. The summed E-state index contributed by atoms with van der Waals surface area (Å²) in [5.74, 6) is -1.53. The van der Waals surface area contributed by atoms with Crippen LogP contribution < -0.4 is 9.47 Å². The lowest BCUT2D eigenvalue weighted by molar-refractivity contribution is -0.384. The number of nitro benzene ring substituents is 1. The lowest BCUT2D eigenvalue weighted by Gasteiger charge is -2.10. The first-order chi connectivity index (χ1) is 15.4. The first-order valence-electron chi connectivity index (χ1n) is 9.13. The fraction of sp³-hybridized carbons (Fsp3) is 0.190. The van der Waals surface area contributed by atoms with Crippen molar-refractivity contribution in [2.45, 2.75) is 0 Å². The maximum atomic E-state index is 12.7. The van der Waals surface area contributed by atoms with Gasteiger partial charge in [-0.1, -0.05) is 18.2 Å². The summed E-state index contributed by atoms with van der Waals surface area (Å²) in [5, 5.41) is 16.2. The van der Waals surface area contributed by atoms with Gasteiger partial charge in [0, 0.05) is 6.07 Å². The van der Waals surface area contributed by atoms with Crippen LogP contribution in [-0.2, 0) is 9.47 Å². The van der Waals surface area contributed by atoms with Crippen LogP contribution in [0.2, 0.25) is 0 Å². The molecule has 0 radical (unpaired) electrons. The van der Waals surface area contributed by atoms with Crippen molar-refractivity contribution in [2.75, 3.05) is 28.4 Å². The van der Waals surface area contributed by atoms with Crippen LogP contribution in [0.25, 0.3) is 16.9 Å². The Hall–Kier alpha value is -4.41. The molecule has 0 aliphatic carbocycles. The van der Waals surface area contributed by atoms with Crippen LogP contribution in [0.4, 0.5) is 5.69 Å². The molecule has 0 atom stereocenters. The van der Waals surface area contributed by atoms with E-state index in [2.05, 4.69) is 5.10 Å². The van der Waals surface area contributed by atoms with Crippen molar-refractivity contribution in [3.8, 4) is 28.4 Å². The number of hydrogen-bond acceptors (Lipinski definition) is 9. The molecule has 1 aromatic heterocycles. The molecule has 0 aliphatic rings. The van der Waals surface area contributed by atoms with Gasteiger partial charge < -0.3 is 18.9 Å². The third-order valence-electron chi connectivity index (χ3n) is 4.61. The zero-order valence-corrected chi connectivity index (χ0v) is 17.6. The zero-order chi connectivity index (χ0) is 23.4. The number of nitro groups is 1. The van der Waals surface area contributed by atoms with Crippen molar-refractivity contribution in [3.63, 3.8) is 0 Å². The normalized spacial score (nSPS) is 10.4. The standard InChI is InChI=1S/C21H19N3O8/c1-29-15-10-13(14(24(27)28)11-16(15)30-2)18-17(20(25)31-3)19(21(26)32-4)23(22-18)12-8-6-5-7-9-12/h5-11H,1-4H3. The van der Waals surface area contributed by atoms with Crippen LogP contribution >= 0.6 is 0 Å². The molecule has 0 saturated carbocycles. The predicted molar refractivity (Wildman–Crippen MR) is 111 cm³/mol. The highest BCUT2D eigenvalue weighted by atomic mass is 16.6. The van der Waals surface area contributed by atoms with Gasteiger partial charge in [0.25, 0.3) is 5.69 Å². The van der Waals surface area contributed by atoms with Gasteiger partial charge in [-0.05, 0) is 12.1 Å². The molecule has 166 valence electrons. The summed E-state index contributed by atoms with van der Waals surface area (Å²) in [5.41, 5.74) is -0.765. The SMILES string of the molecule is COC(=O)c1c(-c2cc(OC)c(OC)cc2[N+](=O)[O-])nn(-c2ccccc2)c1C(=O)OC. The Balaban J connectivity index is 2.46. The van der Waals surface area contributed by atoms with Crippen LogP contribution in [0.15, 0.2) is 42.5 Å². The van der Waals surface area contributed by atoms with Crippen LogP contribution in [0.3, 0.4) is 0 Å². The van der Waals surface area contributed by atoms with Gasteiger partial charge in [0.15, 0.2) is 17.2 Å². The topological polar surface area (TPSA) is 132 Å². The molecule has 1 heterocycles. The van der Waals surface area contributed by atoms with Crippen molar-refractivity contribution in [1.29, 1.82) is 0 Å². The molecule has 0 aliphatic heterocycles. The lowest BCUT2D eigenvalue weighted by Crippen LogP contribution is -2.15. The van der Waals surface area contributed by atoms with Crippen LogP contribution in [0, 0.1) is 10.1 Å². The van der Waals surface area contributed by atoms with E-state index in [1.165, 1.54) is 25.0 Å². The summed E-state index contributed by atoms with van der Waals surface area (Å²) < 4.78 is 21.3. The van der Waals surface area contributed by atoms with Crippen molar-refractivity contribution in [1.82, 2.24) is 9.78 Å². The predicted octanol–water partition coefficient (Wildman–Crippen LogP) is 3.04. The average Bonchev–Trinajstić information content (AvgIpc) is 3.23. The van der Waals surface area contributed by atoms with Gasteiger partial charge in [-0.15, -0.1) is 0 Å². The molecule has 0 amide bonds. The number of esters is 2. The van der Waals surface area contributed by atoms with Crippen molar-refractivity contribution in [2.24, 2.45) is 0 Å². The molecule has 3 aromatic rings. The third kappa shape index (κ3) is 3.83. The molecule has 0 N–H and O–H groups in total. The van der Waals surface area contributed by atoms with E-state index in [1.54, 1.807) is 30.3 Å². The molecule has 0 bridgehead atoms. The van der Waals surface area contributed by atoms with Gasteiger partial charge in [-0.25, -0.2) is 14.3 Å². The maximum Gasteiger partial charge on any atom is 0.357 e. The monoisotopic (exact) mass is 441 g/mol. The van der Waals surface area contributed by atoms with Gasteiger partial charge in [0.05, 0.1) is 50.7 Å².